The van der Waals surface area contributed by atoms with E-state index >= 15 is 0 Å². The van der Waals surface area contributed by atoms with Gasteiger partial charge >= 0.3 is 0 Å². The number of piperidine rings is 1. The Morgan fingerprint density at radius 3 is 2.92 bits per heavy atom. The van der Waals surface area contributed by atoms with Crippen LogP contribution in [0.5, 0.6) is 0 Å². The average molecular weight is 355 g/mol. The Kier molecular flexibility index (Phi) is 3.05. The van der Waals surface area contributed by atoms with Crippen molar-refractivity contribution in [3.8, 4) is 0 Å². The van der Waals surface area contributed by atoms with Crippen molar-refractivity contribution in [2.24, 2.45) is 0 Å². The number of nitrogens with one attached hydrogen (secondary N) is 1. The number of hydrogen-bond acceptors (Lipinski definition) is 7. The first-order valence-corrected chi connectivity index (χ1v) is 9.14. The topological polar surface area (TPSA) is 97.3 Å². The number of anilines is 3. The molecule has 3 aromatic rings. The van der Waals surface area contributed by atoms with Crippen molar-refractivity contribution in [3.05, 3.63) is 28.4 Å². The highest BCUT2D eigenvalue weighted by Crippen LogP contribution is 2.45. The van der Waals surface area contributed by atoms with E-state index in [1.165, 1.54) is 17.0 Å². The quantitative estimate of drug-likeness (QED) is 0.733. The molecule has 1 amide bonds. The van der Waals surface area contributed by atoms with Gasteiger partial charge in [-0.25, -0.2) is 4.98 Å². The fourth-order valence-corrected chi connectivity index (χ4v) is 4.73. The fourth-order valence-electron chi connectivity index (χ4n) is 3.75. The number of amides is 1. The molecule has 0 unspecified atom stereocenters. The Hall–Kier alpha value is -2.61. The number of thiophene rings is 1. The molecule has 6 heterocycles. The summed E-state index contributed by atoms with van der Waals surface area (Å²) >= 11 is 1.33. The number of nitrogens with two attached hydrogens (primary N) is 1. The Morgan fingerprint density at radius 2 is 2.20 bits per heavy atom. The molecule has 3 aromatic heterocycles. The van der Waals surface area contributed by atoms with E-state index in [1.807, 2.05) is 0 Å². The van der Waals surface area contributed by atoms with Gasteiger partial charge in [0, 0.05) is 30.5 Å². The third-order valence-electron chi connectivity index (χ3n) is 5.02. The highest BCUT2D eigenvalue weighted by molar-refractivity contribution is 7.21. The Labute approximate surface area is 147 Å². The molecule has 0 aliphatic carbocycles. The molecule has 6 rings (SSSR count). The fraction of sp³-hybridized carbons (Fsp3) is 0.353. The maximum Gasteiger partial charge on any atom is 0.270 e. The number of rotatable bonds is 2. The normalized spacial score (nSPS) is 16.4. The monoisotopic (exact) mass is 355 g/mol. The van der Waals surface area contributed by atoms with Crippen LogP contribution >= 0.6 is 11.3 Å². The predicted molar refractivity (Wildman–Crippen MR) is 97.4 cm³/mol. The molecular weight excluding hydrogens is 338 g/mol. The first kappa shape index (κ1) is 14.7. The van der Waals surface area contributed by atoms with Crippen molar-refractivity contribution < 1.29 is 9.32 Å². The zero-order valence-corrected chi connectivity index (χ0v) is 14.5. The van der Waals surface area contributed by atoms with Crippen LogP contribution in [-0.4, -0.2) is 29.1 Å². The molecule has 25 heavy (non-hydrogen) atoms. The number of carbonyl (C=O) groups is 1. The number of nitrogens with zero attached hydrogens (tertiary/aromatic N) is 3. The lowest BCUT2D eigenvalue weighted by Crippen LogP contribution is -2.39. The van der Waals surface area contributed by atoms with Gasteiger partial charge < -0.3 is 15.2 Å². The van der Waals surface area contributed by atoms with Crippen LogP contribution in [0.15, 0.2) is 16.7 Å². The van der Waals surface area contributed by atoms with E-state index in [-0.39, 0.29) is 5.91 Å². The van der Waals surface area contributed by atoms with Crippen LogP contribution < -0.4 is 16.0 Å². The molecule has 3 aliphatic heterocycles. The van der Waals surface area contributed by atoms with Crippen LogP contribution in [-0.2, 0) is 0 Å². The smallest absolute Gasteiger partial charge is 0.270 e. The molecule has 0 atom stereocenters. The van der Waals surface area contributed by atoms with Crippen LogP contribution in [0.2, 0.25) is 0 Å². The zero-order chi connectivity index (χ0) is 17.1. The molecule has 7 nitrogen and oxygen atoms in total. The summed E-state index contributed by atoms with van der Waals surface area (Å²) in [5.41, 5.74) is 9.79. The standard InChI is InChI=1S/C17H17N5O2S/c1-8-6-12(24-21-8)19-16(23)15-13(18)10-7-11-14(20-17(10)25-15)9-2-4-22(11)5-3-9/h6-7,9H,2-5,18H2,1H3,(H,19,23). The average Bonchev–Trinajstić information content (AvgIpc) is 3.18. The third-order valence-corrected chi connectivity index (χ3v) is 6.14. The van der Waals surface area contributed by atoms with Gasteiger partial charge in [-0.05, 0) is 25.8 Å². The van der Waals surface area contributed by atoms with E-state index in [9.17, 15) is 4.79 Å². The molecule has 0 radical (unpaired) electrons. The number of pyridine rings is 1. The van der Waals surface area contributed by atoms with Gasteiger partial charge in [0.2, 0.25) is 5.88 Å². The van der Waals surface area contributed by atoms with Gasteiger partial charge in [0.15, 0.2) is 0 Å². The van der Waals surface area contributed by atoms with Crippen LogP contribution in [0.3, 0.4) is 0 Å². The minimum atomic E-state index is -0.294. The van der Waals surface area contributed by atoms with E-state index < -0.39 is 0 Å². The lowest BCUT2D eigenvalue weighted by Gasteiger charge is -2.41. The number of aryl methyl sites for hydroxylation is 1. The van der Waals surface area contributed by atoms with Gasteiger partial charge in [0.05, 0.1) is 22.8 Å². The summed E-state index contributed by atoms with van der Waals surface area (Å²) in [7, 11) is 0. The summed E-state index contributed by atoms with van der Waals surface area (Å²) in [6.45, 7) is 3.95. The van der Waals surface area contributed by atoms with Gasteiger partial charge in [-0.1, -0.05) is 5.16 Å². The molecule has 0 saturated carbocycles. The summed E-state index contributed by atoms with van der Waals surface area (Å²) in [5.74, 6) is 0.552. The maximum absolute atomic E-state index is 12.6. The SMILES string of the molecule is Cc1cc(NC(=O)c2sc3nc4c(cc3c2N)N2CCC4CC2)on1. The summed E-state index contributed by atoms with van der Waals surface area (Å²) in [6, 6.07) is 3.77. The van der Waals surface area contributed by atoms with E-state index in [2.05, 4.69) is 21.4 Å². The maximum atomic E-state index is 12.6. The second-order valence-electron chi connectivity index (χ2n) is 6.64. The summed E-state index contributed by atoms with van der Waals surface area (Å²) < 4.78 is 5.05. The second kappa shape index (κ2) is 5.19. The molecule has 128 valence electrons. The van der Waals surface area contributed by atoms with Crippen molar-refractivity contribution in [2.75, 3.05) is 29.0 Å². The molecule has 2 bridgehead atoms. The van der Waals surface area contributed by atoms with Crippen LogP contribution in [0.25, 0.3) is 10.2 Å². The third kappa shape index (κ3) is 2.21. The Balaban J connectivity index is 1.56. The number of fused-ring (bicyclic) bond motifs is 3. The summed E-state index contributed by atoms with van der Waals surface area (Å²) in [5, 5.41) is 7.33. The van der Waals surface area contributed by atoms with Gasteiger partial charge in [-0.15, -0.1) is 11.3 Å². The van der Waals surface area contributed by atoms with Crippen molar-refractivity contribution in [1.82, 2.24) is 10.1 Å². The molecule has 1 fully saturated rings. The van der Waals surface area contributed by atoms with Crippen molar-refractivity contribution in [2.45, 2.75) is 25.7 Å². The Bertz CT molecular complexity index is 1000. The van der Waals surface area contributed by atoms with Gasteiger partial charge in [-0.2, -0.15) is 0 Å². The summed E-state index contributed by atoms with van der Waals surface area (Å²) in [4.78, 5) is 21.1. The largest absolute Gasteiger partial charge is 0.397 e. The van der Waals surface area contributed by atoms with Crippen molar-refractivity contribution >= 4 is 44.7 Å². The minimum absolute atomic E-state index is 0.294. The predicted octanol–water partition coefficient (Wildman–Crippen LogP) is 3.12. The molecule has 3 aliphatic rings. The van der Waals surface area contributed by atoms with Crippen LogP contribution in [0.1, 0.15) is 39.8 Å². The van der Waals surface area contributed by atoms with Crippen LogP contribution in [0.4, 0.5) is 17.3 Å². The molecule has 0 spiro atoms. The van der Waals surface area contributed by atoms with Crippen LogP contribution in [0, 0.1) is 6.92 Å². The molecular formula is C17H17N5O2S. The van der Waals surface area contributed by atoms with E-state index in [1.54, 1.807) is 13.0 Å². The van der Waals surface area contributed by atoms with Crippen molar-refractivity contribution in [3.63, 3.8) is 0 Å². The lowest BCUT2D eigenvalue weighted by atomic mass is 9.86. The van der Waals surface area contributed by atoms with E-state index in [0.29, 0.717) is 28.1 Å². The lowest BCUT2D eigenvalue weighted by molar-refractivity contribution is 0.102. The van der Waals surface area contributed by atoms with Gasteiger partial charge in [0.1, 0.15) is 9.71 Å². The number of nitrogen functional groups attached to an aromatic ring is 1. The number of carbonyl (C=O) groups excluding carboxylic acids is 1. The second-order valence-corrected chi connectivity index (χ2v) is 7.64. The van der Waals surface area contributed by atoms with E-state index in [0.717, 1.165) is 41.8 Å². The molecule has 3 N–H and O–H groups in total. The number of aromatic nitrogens is 2. The first-order valence-electron chi connectivity index (χ1n) is 8.32. The minimum Gasteiger partial charge on any atom is -0.397 e. The molecule has 0 aromatic carbocycles. The van der Waals surface area contributed by atoms with Gasteiger partial charge in [-0.3, -0.25) is 10.1 Å². The number of hydrogen-bond donors (Lipinski definition) is 2. The van der Waals surface area contributed by atoms with E-state index in [4.69, 9.17) is 15.2 Å². The highest BCUT2D eigenvalue weighted by Gasteiger charge is 2.33. The zero-order valence-electron chi connectivity index (χ0n) is 13.7. The highest BCUT2D eigenvalue weighted by atomic mass is 32.1. The Morgan fingerprint density at radius 1 is 1.40 bits per heavy atom. The molecule has 1 saturated heterocycles. The molecule has 8 heteroatoms. The first-order chi connectivity index (χ1) is 12.1. The summed E-state index contributed by atoms with van der Waals surface area (Å²) in [6.07, 6.45) is 2.31. The van der Waals surface area contributed by atoms with Gasteiger partial charge in [0.25, 0.3) is 5.91 Å². The van der Waals surface area contributed by atoms with Crippen molar-refractivity contribution in [1.29, 1.82) is 0 Å².